The number of unbranched alkanes of at least 4 members (excludes halogenated alkanes) is 16. The Morgan fingerprint density at radius 2 is 1.00 bits per heavy atom. The molecule has 0 heterocycles. The van der Waals surface area contributed by atoms with Gasteiger partial charge in [0.1, 0.15) is 6.04 Å². The van der Waals surface area contributed by atoms with E-state index in [2.05, 4.69) is 11.7 Å². The predicted octanol–water partition coefficient (Wildman–Crippen LogP) is 6.53. The minimum absolute atomic E-state index is 0.281. The van der Waals surface area contributed by atoms with E-state index in [0.29, 0.717) is 0 Å². The van der Waals surface area contributed by atoms with E-state index in [1.54, 1.807) is 0 Å². The molecular formula is C22H45NO2. The number of carbonyl (C=O) groups is 1. The summed E-state index contributed by atoms with van der Waals surface area (Å²) in [7, 11) is 1.40. The Kier molecular flexibility index (Phi) is 19.3. The third-order valence-electron chi connectivity index (χ3n) is 5.12. The summed E-state index contributed by atoms with van der Waals surface area (Å²) >= 11 is 0. The molecule has 0 rings (SSSR count). The molecule has 0 radical (unpaired) electrons. The lowest BCUT2D eigenvalue weighted by molar-refractivity contribution is -0.142. The van der Waals surface area contributed by atoms with Crippen molar-refractivity contribution in [1.82, 2.24) is 0 Å². The van der Waals surface area contributed by atoms with Crippen molar-refractivity contribution in [2.24, 2.45) is 5.73 Å². The monoisotopic (exact) mass is 355 g/mol. The minimum Gasteiger partial charge on any atom is -0.468 e. The average Bonchev–Trinajstić information content (AvgIpc) is 2.63. The molecule has 0 aromatic rings. The molecule has 3 nitrogen and oxygen atoms in total. The van der Waals surface area contributed by atoms with E-state index in [4.69, 9.17) is 5.73 Å². The molecule has 0 aliphatic carbocycles. The van der Waals surface area contributed by atoms with Gasteiger partial charge >= 0.3 is 5.97 Å². The molecule has 0 aromatic heterocycles. The van der Waals surface area contributed by atoms with Crippen molar-refractivity contribution in [1.29, 1.82) is 0 Å². The van der Waals surface area contributed by atoms with Gasteiger partial charge in [0.2, 0.25) is 0 Å². The molecule has 0 aliphatic heterocycles. The molecule has 3 heteroatoms. The van der Waals surface area contributed by atoms with E-state index < -0.39 is 6.04 Å². The van der Waals surface area contributed by atoms with E-state index in [9.17, 15) is 4.79 Å². The van der Waals surface area contributed by atoms with Crippen LogP contribution in [0.2, 0.25) is 0 Å². The molecule has 150 valence electrons. The maximum atomic E-state index is 11.2. The van der Waals surface area contributed by atoms with Crippen LogP contribution < -0.4 is 5.73 Å². The zero-order valence-electron chi connectivity index (χ0n) is 17.2. The molecule has 0 aliphatic rings. The van der Waals surface area contributed by atoms with Gasteiger partial charge in [-0.3, -0.25) is 4.79 Å². The summed E-state index contributed by atoms with van der Waals surface area (Å²) in [4.78, 5) is 11.2. The quantitative estimate of drug-likeness (QED) is 0.212. The van der Waals surface area contributed by atoms with Crippen LogP contribution in [0, 0.1) is 0 Å². The van der Waals surface area contributed by atoms with E-state index in [1.807, 2.05) is 0 Å². The summed E-state index contributed by atoms with van der Waals surface area (Å²) in [6.45, 7) is 2.28. The molecule has 0 amide bonds. The van der Waals surface area contributed by atoms with Gasteiger partial charge in [0.15, 0.2) is 0 Å². The Morgan fingerprint density at radius 1 is 0.680 bits per heavy atom. The van der Waals surface area contributed by atoms with Crippen LogP contribution in [0.5, 0.6) is 0 Å². The Hall–Kier alpha value is -0.570. The zero-order valence-corrected chi connectivity index (χ0v) is 17.2. The molecule has 25 heavy (non-hydrogen) atoms. The van der Waals surface area contributed by atoms with Gasteiger partial charge in [0.05, 0.1) is 7.11 Å². The van der Waals surface area contributed by atoms with Crippen LogP contribution in [0.1, 0.15) is 122 Å². The molecule has 0 saturated heterocycles. The Labute approximate surface area is 157 Å². The Morgan fingerprint density at radius 3 is 1.32 bits per heavy atom. The summed E-state index contributed by atoms with van der Waals surface area (Å²) in [5.74, 6) is -0.281. The number of methoxy groups -OCH3 is 1. The fourth-order valence-corrected chi connectivity index (χ4v) is 3.36. The Balaban J connectivity index is 3.08. The van der Waals surface area contributed by atoms with E-state index in [0.717, 1.165) is 12.8 Å². The highest BCUT2D eigenvalue weighted by atomic mass is 16.5. The number of nitrogens with two attached hydrogens (primary N) is 1. The number of hydrogen-bond donors (Lipinski definition) is 1. The third-order valence-corrected chi connectivity index (χ3v) is 5.12. The lowest BCUT2D eigenvalue weighted by Gasteiger charge is -2.08. The number of ether oxygens (including phenoxy) is 1. The average molecular weight is 356 g/mol. The summed E-state index contributed by atoms with van der Waals surface area (Å²) in [5, 5.41) is 0. The topological polar surface area (TPSA) is 52.3 Å². The van der Waals surface area contributed by atoms with Crippen LogP contribution in [-0.2, 0) is 9.53 Å². The molecule has 0 bridgehead atoms. The molecule has 1 atom stereocenters. The van der Waals surface area contributed by atoms with Crippen LogP contribution in [-0.4, -0.2) is 19.1 Å². The van der Waals surface area contributed by atoms with Crippen molar-refractivity contribution >= 4 is 5.97 Å². The largest absolute Gasteiger partial charge is 0.468 e. The summed E-state index contributed by atoms with van der Waals surface area (Å²) in [5.41, 5.74) is 5.72. The van der Waals surface area contributed by atoms with Crippen LogP contribution >= 0.6 is 0 Å². The predicted molar refractivity (Wildman–Crippen MR) is 109 cm³/mol. The highest BCUT2D eigenvalue weighted by Gasteiger charge is 2.12. The van der Waals surface area contributed by atoms with E-state index >= 15 is 0 Å². The number of hydrogen-bond acceptors (Lipinski definition) is 3. The van der Waals surface area contributed by atoms with Gasteiger partial charge in [-0.25, -0.2) is 0 Å². The van der Waals surface area contributed by atoms with Crippen LogP contribution in [0.15, 0.2) is 0 Å². The van der Waals surface area contributed by atoms with Crippen LogP contribution in [0.25, 0.3) is 0 Å². The first-order valence-electron chi connectivity index (χ1n) is 11.1. The van der Waals surface area contributed by atoms with Gasteiger partial charge in [-0.1, -0.05) is 116 Å². The Bertz CT molecular complexity index is 281. The van der Waals surface area contributed by atoms with Crippen molar-refractivity contribution in [2.75, 3.05) is 7.11 Å². The lowest BCUT2D eigenvalue weighted by Crippen LogP contribution is -2.31. The number of esters is 1. The zero-order chi connectivity index (χ0) is 18.6. The second-order valence-corrected chi connectivity index (χ2v) is 7.58. The van der Waals surface area contributed by atoms with Crippen molar-refractivity contribution in [3.8, 4) is 0 Å². The summed E-state index contributed by atoms with van der Waals surface area (Å²) in [6, 6.07) is -0.429. The first-order valence-corrected chi connectivity index (χ1v) is 11.1. The second kappa shape index (κ2) is 19.8. The molecule has 2 N–H and O–H groups in total. The van der Waals surface area contributed by atoms with Gasteiger partial charge < -0.3 is 10.5 Å². The first-order chi connectivity index (χ1) is 12.2. The summed E-state index contributed by atoms with van der Waals surface area (Å²) < 4.78 is 4.63. The third kappa shape index (κ3) is 18.0. The van der Waals surface area contributed by atoms with Crippen LogP contribution in [0.4, 0.5) is 0 Å². The summed E-state index contributed by atoms with van der Waals surface area (Å²) in [6.07, 6.45) is 24.0. The SMILES string of the molecule is CCCCCCCCCCCCCCCCCCCC(N)C(=O)OC. The standard InChI is InChI=1S/C22H45NO2/c1-3-4-5-6-7-8-9-10-11-12-13-14-15-16-17-18-19-20-21(23)22(24)25-2/h21H,3-20,23H2,1-2H3. The fourth-order valence-electron chi connectivity index (χ4n) is 3.36. The molecule has 0 aromatic carbocycles. The lowest BCUT2D eigenvalue weighted by atomic mass is 10.0. The maximum absolute atomic E-state index is 11.2. The van der Waals surface area contributed by atoms with Gasteiger partial charge in [0, 0.05) is 0 Å². The van der Waals surface area contributed by atoms with Crippen molar-refractivity contribution < 1.29 is 9.53 Å². The highest BCUT2D eigenvalue weighted by Crippen LogP contribution is 2.14. The molecule has 0 fully saturated rings. The first kappa shape index (κ1) is 24.4. The second-order valence-electron chi connectivity index (χ2n) is 7.58. The smallest absolute Gasteiger partial charge is 0.322 e. The molecule has 1 unspecified atom stereocenters. The maximum Gasteiger partial charge on any atom is 0.322 e. The van der Waals surface area contributed by atoms with E-state index in [-0.39, 0.29) is 5.97 Å². The number of carbonyl (C=O) groups excluding carboxylic acids is 1. The van der Waals surface area contributed by atoms with E-state index in [1.165, 1.54) is 110 Å². The van der Waals surface area contributed by atoms with Gasteiger partial charge in [-0.2, -0.15) is 0 Å². The van der Waals surface area contributed by atoms with Crippen molar-refractivity contribution in [3.05, 3.63) is 0 Å². The van der Waals surface area contributed by atoms with Gasteiger partial charge in [-0.05, 0) is 6.42 Å². The van der Waals surface area contributed by atoms with Crippen molar-refractivity contribution in [3.63, 3.8) is 0 Å². The normalized spacial score (nSPS) is 12.3. The van der Waals surface area contributed by atoms with Gasteiger partial charge in [-0.15, -0.1) is 0 Å². The minimum atomic E-state index is -0.429. The number of rotatable bonds is 19. The van der Waals surface area contributed by atoms with Crippen molar-refractivity contribution in [2.45, 2.75) is 129 Å². The van der Waals surface area contributed by atoms with Gasteiger partial charge in [0.25, 0.3) is 0 Å². The highest BCUT2D eigenvalue weighted by molar-refractivity contribution is 5.75. The molecule has 0 spiro atoms. The van der Waals surface area contributed by atoms with Crippen LogP contribution in [0.3, 0.4) is 0 Å². The fraction of sp³-hybridized carbons (Fsp3) is 0.955. The molecular weight excluding hydrogens is 310 g/mol. The molecule has 0 saturated carbocycles.